The molecule has 1 N–H and O–H groups in total. The van der Waals surface area contributed by atoms with Crippen molar-refractivity contribution in [2.24, 2.45) is 0 Å². The molecule has 3 rings (SSSR count). The number of carbonyl (C=O) groups is 1. The summed E-state index contributed by atoms with van der Waals surface area (Å²) in [6.45, 7) is 6.42. The lowest BCUT2D eigenvalue weighted by molar-refractivity contribution is -0.137. The summed E-state index contributed by atoms with van der Waals surface area (Å²) in [4.78, 5) is 27.5. The van der Waals surface area contributed by atoms with E-state index in [1.165, 1.54) is 6.07 Å². The molecule has 0 fully saturated rings. The van der Waals surface area contributed by atoms with Gasteiger partial charge in [-0.1, -0.05) is 12.1 Å². The summed E-state index contributed by atoms with van der Waals surface area (Å²) in [6, 6.07) is 9.19. The highest BCUT2D eigenvalue weighted by atomic mass is 19.4. The largest absolute Gasteiger partial charge is 0.417 e. The van der Waals surface area contributed by atoms with Crippen LogP contribution < -0.4 is 5.32 Å². The highest BCUT2D eigenvalue weighted by molar-refractivity contribution is 6.01. The number of hydrogen-bond acceptors (Lipinski definition) is 5. The average molecular weight is 443 g/mol. The standard InChI is InChI=1S/C23H24F3N5O/c1-4-31(16(3)13-29-19-10-9-17(14-30-19)23(24,25)26)22(32)18-8-5-7-15(2)20(18)21-27-11-6-12-28-21/h5-12,14,16H,4,13H2,1-3H3,(H,29,30)/t16-/m0/s1. The molecule has 1 atom stereocenters. The molecule has 1 amide bonds. The first kappa shape index (κ1) is 23.2. The number of aromatic nitrogens is 3. The number of pyridine rings is 1. The number of anilines is 1. The van der Waals surface area contributed by atoms with Crippen molar-refractivity contribution in [3.05, 3.63) is 71.7 Å². The smallest absolute Gasteiger partial charge is 0.368 e. The maximum atomic E-state index is 13.4. The van der Waals surface area contributed by atoms with Crippen LogP contribution in [0.2, 0.25) is 0 Å². The van der Waals surface area contributed by atoms with E-state index in [1.54, 1.807) is 29.4 Å². The molecule has 0 spiro atoms. The Morgan fingerprint density at radius 3 is 2.41 bits per heavy atom. The maximum Gasteiger partial charge on any atom is 0.417 e. The van der Waals surface area contributed by atoms with Crippen LogP contribution in [0.5, 0.6) is 0 Å². The van der Waals surface area contributed by atoms with Gasteiger partial charge in [0, 0.05) is 43.3 Å². The first-order valence-corrected chi connectivity index (χ1v) is 10.2. The summed E-state index contributed by atoms with van der Waals surface area (Å²) in [5.41, 5.74) is 1.26. The summed E-state index contributed by atoms with van der Waals surface area (Å²) in [6.07, 6.45) is -0.388. The molecule has 0 aliphatic rings. The molecule has 0 bridgehead atoms. The van der Waals surface area contributed by atoms with E-state index >= 15 is 0 Å². The molecule has 168 valence electrons. The molecule has 2 heterocycles. The second kappa shape index (κ2) is 9.76. The second-order valence-corrected chi connectivity index (χ2v) is 7.32. The summed E-state index contributed by atoms with van der Waals surface area (Å²) < 4.78 is 38.1. The van der Waals surface area contributed by atoms with Crippen molar-refractivity contribution in [3.63, 3.8) is 0 Å². The topological polar surface area (TPSA) is 71.0 Å². The third-order valence-electron chi connectivity index (χ3n) is 5.10. The van der Waals surface area contributed by atoms with Gasteiger partial charge < -0.3 is 10.2 Å². The molecular weight excluding hydrogens is 419 g/mol. The monoisotopic (exact) mass is 443 g/mol. The van der Waals surface area contributed by atoms with Gasteiger partial charge in [0.15, 0.2) is 5.82 Å². The van der Waals surface area contributed by atoms with Crippen molar-refractivity contribution in [2.45, 2.75) is 33.0 Å². The van der Waals surface area contributed by atoms with Gasteiger partial charge in [0.1, 0.15) is 5.82 Å². The number of rotatable bonds is 7. The minimum absolute atomic E-state index is 0.173. The number of hydrogen-bond donors (Lipinski definition) is 1. The number of nitrogens with one attached hydrogen (secondary N) is 1. The maximum absolute atomic E-state index is 13.4. The SMILES string of the molecule is CCN(C(=O)c1cccc(C)c1-c1ncccn1)[C@@H](C)CNc1ccc(C(F)(F)F)cn1. The Morgan fingerprint density at radius 2 is 1.81 bits per heavy atom. The van der Waals surface area contributed by atoms with E-state index in [4.69, 9.17) is 0 Å². The van der Waals surface area contributed by atoms with Gasteiger partial charge in [0.05, 0.1) is 11.1 Å². The van der Waals surface area contributed by atoms with E-state index in [1.807, 2.05) is 32.9 Å². The van der Waals surface area contributed by atoms with Gasteiger partial charge in [-0.3, -0.25) is 4.79 Å². The predicted molar refractivity (Wildman–Crippen MR) is 116 cm³/mol. The number of likely N-dealkylation sites (N-methyl/N-ethyl adjacent to an activating group) is 1. The van der Waals surface area contributed by atoms with Crippen LogP contribution in [0.15, 0.2) is 55.0 Å². The van der Waals surface area contributed by atoms with E-state index in [0.29, 0.717) is 35.9 Å². The molecule has 0 aliphatic heterocycles. The third kappa shape index (κ3) is 5.22. The van der Waals surface area contributed by atoms with Crippen LogP contribution in [0, 0.1) is 6.92 Å². The number of benzene rings is 1. The van der Waals surface area contributed by atoms with Crippen LogP contribution in [0.25, 0.3) is 11.4 Å². The first-order valence-electron chi connectivity index (χ1n) is 10.2. The van der Waals surface area contributed by atoms with Crippen LogP contribution in [0.4, 0.5) is 19.0 Å². The minimum atomic E-state index is -4.43. The van der Waals surface area contributed by atoms with Crippen LogP contribution in [-0.2, 0) is 6.18 Å². The first-order chi connectivity index (χ1) is 15.2. The zero-order chi connectivity index (χ0) is 23.3. The van der Waals surface area contributed by atoms with E-state index in [2.05, 4.69) is 20.3 Å². The lowest BCUT2D eigenvalue weighted by Crippen LogP contribution is -2.42. The summed E-state index contributed by atoms with van der Waals surface area (Å²) in [5.74, 6) is 0.611. The fourth-order valence-electron chi connectivity index (χ4n) is 3.41. The van der Waals surface area contributed by atoms with Crippen molar-refractivity contribution in [1.29, 1.82) is 0 Å². The molecule has 0 aliphatic carbocycles. The van der Waals surface area contributed by atoms with Gasteiger partial charge in [-0.2, -0.15) is 13.2 Å². The summed E-state index contributed by atoms with van der Waals surface area (Å²) >= 11 is 0. The minimum Gasteiger partial charge on any atom is -0.368 e. The molecule has 2 aromatic heterocycles. The molecule has 32 heavy (non-hydrogen) atoms. The molecule has 6 nitrogen and oxygen atoms in total. The predicted octanol–water partition coefficient (Wildman–Crippen LogP) is 4.83. The molecule has 0 saturated heterocycles. The zero-order valence-electron chi connectivity index (χ0n) is 18.0. The van der Waals surface area contributed by atoms with Crippen LogP contribution in [0.3, 0.4) is 0 Å². The van der Waals surface area contributed by atoms with Gasteiger partial charge >= 0.3 is 6.18 Å². The molecule has 9 heteroatoms. The van der Waals surface area contributed by atoms with Crippen LogP contribution in [0.1, 0.15) is 35.3 Å². The lowest BCUT2D eigenvalue weighted by atomic mass is 9.99. The van der Waals surface area contributed by atoms with Gasteiger partial charge in [0.25, 0.3) is 5.91 Å². The molecule has 0 unspecified atom stereocenters. The van der Waals surface area contributed by atoms with Crippen molar-refractivity contribution in [3.8, 4) is 11.4 Å². The number of nitrogens with zero attached hydrogens (tertiary/aromatic N) is 4. The number of carbonyl (C=O) groups excluding carboxylic acids is 1. The number of alkyl halides is 3. The lowest BCUT2D eigenvalue weighted by Gasteiger charge is -2.29. The number of amides is 1. The zero-order valence-corrected chi connectivity index (χ0v) is 18.0. The Morgan fingerprint density at radius 1 is 1.09 bits per heavy atom. The highest BCUT2D eigenvalue weighted by Gasteiger charge is 2.30. The number of aryl methyl sites for hydroxylation is 1. The van der Waals surface area contributed by atoms with Gasteiger partial charge in [-0.15, -0.1) is 0 Å². The normalized spacial score (nSPS) is 12.3. The van der Waals surface area contributed by atoms with Crippen molar-refractivity contribution < 1.29 is 18.0 Å². The van der Waals surface area contributed by atoms with Crippen LogP contribution in [-0.4, -0.2) is 44.9 Å². The van der Waals surface area contributed by atoms with Gasteiger partial charge in [-0.05, 0) is 50.6 Å². The quantitative estimate of drug-likeness (QED) is 0.567. The highest BCUT2D eigenvalue weighted by Crippen LogP contribution is 2.29. The van der Waals surface area contributed by atoms with E-state index in [0.717, 1.165) is 17.8 Å². The summed E-state index contributed by atoms with van der Waals surface area (Å²) in [5, 5.41) is 3.00. The second-order valence-electron chi connectivity index (χ2n) is 7.32. The van der Waals surface area contributed by atoms with Gasteiger partial charge in [-0.25, -0.2) is 15.0 Å². The van der Waals surface area contributed by atoms with E-state index < -0.39 is 11.7 Å². The molecule has 3 aromatic rings. The average Bonchev–Trinajstić information content (AvgIpc) is 2.78. The molecular formula is C23H24F3N5O. The molecule has 0 saturated carbocycles. The third-order valence-corrected chi connectivity index (χ3v) is 5.10. The van der Waals surface area contributed by atoms with E-state index in [9.17, 15) is 18.0 Å². The van der Waals surface area contributed by atoms with Gasteiger partial charge in [0.2, 0.25) is 0 Å². The fraction of sp³-hybridized carbons (Fsp3) is 0.304. The summed E-state index contributed by atoms with van der Waals surface area (Å²) in [7, 11) is 0. The van der Waals surface area contributed by atoms with Crippen molar-refractivity contribution in [1.82, 2.24) is 19.9 Å². The molecule has 1 aromatic carbocycles. The fourth-order valence-corrected chi connectivity index (χ4v) is 3.41. The Balaban J connectivity index is 1.77. The van der Waals surface area contributed by atoms with Crippen molar-refractivity contribution >= 4 is 11.7 Å². The Labute approximate surface area is 184 Å². The Bertz CT molecular complexity index is 1060. The van der Waals surface area contributed by atoms with Crippen LogP contribution >= 0.6 is 0 Å². The number of halogens is 3. The Kier molecular flexibility index (Phi) is 7.07. The van der Waals surface area contributed by atoms with E-state index in [-0.39, 0.29) is 11.9 Å². The molecule has 0 radical (unpaired) electrons. The Hall–Kier alpha value is -3.49. The van der Waals surface area contributed by atoms with Crippen molar-refractivity contribution in [2.75, 3.05) is 18.4 Å².